The van der Waals surface area contributed by atoms with Gasteiger partial charge in [-0.1, -0.05) is 13.8 Å². The second-order valence-corrected chi connectivity index (χ2v) is 6.38. The van der Waals surface area contributed by atoms with Gasteiger partial charge in [0, 0.05) is 13.2 Å². The molecule has 0 aromatic rings. The first-order chi connectivity index (χ1) is 8.59. The highest BCUT2D eigenvalue weighted by molar-refractivity contribution is 5.70. The van der Waals surface area contributed by atoms with E-state index in [2.05, 4.69) is 13.8 Å². The molecule has 104 valence electrons. The van der Waals surface area contributed by atoms with Crippen LogP contribution in [-0.2, 0) is 9.53 Å². The third-order valence-electron chi connectivity index (χ3n) is 5.07. The van der Waals surface area contributed by atoms with E-state index < -0.39 is 5.97 Å². The Hall–Kier alpha value is -0.570. The van der Waals surface area contributed by atoms with Crippen molar-refractivity contribution in [2.24, 2.45) is 29.6 Å². The van der Waals surface area contributed by atoms with Gasteiger partial charge in [0.2, 0.25) is 0 Å². The van der Waals surface area contributed by atoms with Crippen LogP contribution in [0.4, 0.5) is 0 Å². The van der Waals surface area contributed by atoms with E-state index in [0.29, 0.717) is 23.7 Å². The normalized spacial score (nSPS) is 34.7. The largest absolute Gasteiger partial charge is 0.481 e. The predicted molar refractivity (Wildman–Crippen MR) is 70.3 cm³/mol. The van der Waals surface area contributed by atoms with Crippen molar-refractivity contribution in [2.75, 3.05) is 13.2 Å². The molecule has 2 aliphatic rings. The van der Waals surface area contributed by atoms with Gasteiger partial charge in [0.05, 0.1) is 5.92 Å². The topological polar surface area (TPSA) is 46.5 Å². The van der Waals surface area contributed by atoms with Crippen molar-refractivity contribution in [1.29, 1.82) is 0 Å². The summed E-state index contributed by atoms with van der Waals surface area (Å²) in [5, 5.41) is 9.43. The van der Waals surface area contributed by atoms with Crippen LogP contribution >= 0.6 is 0 Å². The molecule has 18 heavy (non-hydrogen) atoms. The number of rotatable bonds is 3. The first kappa shape index (κ1) is 13.9. The van der Waals surface area contributed by atoms with Gasteiger partial charge in [-0.2, -0.15) is 0 Å². The molecule has 0 bridgehead atoms. The summed E-state index contributed by atoms with van der Waals surface area (Å²) in [7, 11) is 0. The Morgan fingerprint density at radius 3 is 2.39 bits per heavy atom. The zero-order valence-corrected chi connectivity index (χ0v) is 11.6. The zero-order chi connectivity index (χ0) is 13.1. The van der Waals surface area contributed by atoms with E-state index in [4.69, 9.17) is 4.74 Å². The van der Waals surface area contributed by atoms with Gasteiger partial charge >= 0.3 is 5.97 Å². The molecule has 1 aliphatic carbocycles. The van der Waals surface area contributed by atoms with E-state index in [1.54, 1.807) is 0 Å². The Morgan fingerprint density at radius 1 is 1.17 bits per heavy atom. The van der Waals surface area contributed by atoms with Crippen LogP contribution in [0.3, 0.4) is 0 Å². The monoisotopic (exact) mass is 254 g/mol. The standard InChI is InChI=1S/C15H26O3/c1-10(2)12-3-4-13(15(16)17)14(9-12)11-5-7-18-8-6-11/h10-14H,3-9H2,1-2H3,(H,16,17). The second-order valence-electron chi connectivity index (χ2n) is 6.38. The van der Waals surface area contributed by atoms with Crippen LogP contribution in [0.25, 0.3) is 0 Å². The molecule has 0 radical (unpaired) electrons. The summed E-state index contributed by atoms with van der Waals surface area (Å²) in [6, 6.07) is 0. The van der Waals surface area contributed by atoms with Crippen molar-refractivity contribution >= 4 is 5.97 Å². The Balaban J connectivity index is 2.06. The number of carboxylic acids is 1. The quantitative estimate of drug-likeness (QED) is 0.841. The summed E-state index contributed by atoms with van der Waals surface area (Å²) in [5.74, 6) is 1.67. The lowest BCUT2D eigenvalue weighted by atomic mass is 9.65. The number of ether oxygens (including phenoxy) is 1. The second kappa shape index (κ2) is 6.05. The third-order valence-corrected chi connectivity index (χ3v) is 5.07. The van der Waals surface area contributed by atoms with Crippen molar-refractivity contribution in [2.45, 2.75) is 46.0 Å². The smallest absolute Gasteiger partial charge is 0.306 e. The fraction of sp³-hybridized carbons (Fsp3) is 0.933. The van der Waals surface area contributed by atoms with E-state index in [0.717, 1.165) is 45.3 Å². The molecule has 2 rings (SSSR count). The average Bonchev–Trinajstić information content (AvgIpc) is 2.39. The van der Waals surface area contributed by atoms with E-state index >= 15 is 0 Å². The maximum atomic E-state index is 11.5. The summed E-state index contributed by atoms with van der Waals surface area (Å²) < 4.78 is 5.41. The minimum atomic E-state index is -0.575. The van der Waals surface area contributed by atoms with E-state index in [-0.39, 0.29) is 5.92 Å². The average molecular weight is 254 g/mol. The van der Waals surface area contributed by atoms with Crippen LogP contribution in [0.15, 0.2) is 0 Å². The highest BCUT2D eigenvalue weighted by Gasteiger charge is 2.40. The van der Waals surface area contributed by atoms with Crippen LogP contribution in [0, 0.1) is 29.6 Å². The highest BCUT2D eigenvalue weighted by Crippen LogP contribution is 2.43. The molecular weight excluding hydrogens is 228 g/mol. The van der Waals surface area contributed by atoms with Gasteiger partial charge in [0.15, 0.2) is 0 Å². The lowest BCUT2D eigenvalue weighted by Gasteiger charge is -2.41. The van der Waals surface area contributed by atoms with Gasteiger partial charge < -0.3 is 9.84 Å². The molecule has 1 saturated carbocycles. The van der Waals surface area contributed by atoms with Gasteiger partial charge in [0.1, 0.15) is 0 Å². The summed E-state index contributed by atoms with van der Waals surface area (Å²) in [4.78, 5) is 11.5. The van der Waals surface area contributed by atoms with E-state index in [1.165, 1.54) is 0 Å². The molecule has 1 saturated heterocycles. The molecule has 3 atom stereocenters. The van der Waals surface area contributed by atoms with Crippen LogP contribution in [0.2, 0.25) is 0 Å². The lowest BCUT2D eigenvalue weighted by Crippen LogP contribution is -2.38. The fourth-order valence-electron chi connectivity index (χ4n) is 3.82. The molecule has 1 aliphatic heterocycles. The summed E-state index contributed by atoms with van der Waals surface area (Å²) in [5.41, 5.74) is 0. The molecule has 0 aromatic carbocycles. The van der Waals surface area contributed by atoms with Gasteiger partial charge in [-0.3, -0.25) is 4.79 Å². The number of hydrogen-bond donors (Lipinski definition) is 1. The Kier molecular flexibility index (Phi) is 4.66. The minimum Gasteiger partial charge on any atom is -0.481 e. The Morgan fingerprint density at radius 2 is 1.83 bits per heavy atom. The first-order valence-corrected chi connectivity index (χ1v) is 7.40. The molecule has 3 nitrogen and oxygen atoms in total. The van der Waals surface area contributed by atoms with Crippen LogP contribution in [-0.4, -0.2) is 24.3 Å². The van der Waals surface area contributed by atoms with Crippen molar-refractivity contribution in [3.63, 3.8) is 0 Å². The SMILES string of the molecule is CC(C)C1CCC(C(=O)O)C(C2CCOCC2)C1. The lowest BCUT2D eigenvalue weighted by molar-refractivity contribution is -0.147. The van der Waals surface area contributed by atoms with Crippen molar-refractivity contribution < 1.29 is 14.6 Å². The predicted octanol–water partition coefficient (Wildman–Crippen LogP) is 3.19. The van der Waals surface area contributed by atoms with Gasteiger partial charge in [-0.25, -0.2) is 0 Å². The molecule has 2 fully saturated rings. The van der Waals surface area contributed by atoms with Gasteiger partial charge in [-0.15, -0.1) is 0 Å². The van der Waals surface area contributed by atoms with Crippen LogP contribution < -0.4 is 0 Å². The van der Waals surface area contributed by atoms with Crippen LogP contribution in [0.1, 0.15) is 46.0 Å². The van der Waals surface area contributed by atoms with Crippen molar-refractivity contribution in [1.82, 2.24) is 0 Å². The third kappa shape index (κ3) is 3.05. The minimum absolute atomic E-state index is 0.108. The van der Waals surface area contributed by atoms with Gasteiger partial charge in [-0.05, 0) is 55.8 Å². The molecule has 0 aromatic heterocycles. The number of carboxylic acid groups (broad SMARTS) is 1. The number of hydrogen-bond acceptors (Lipinski definition) is 2. The maximum Gasteiger partial charge on any atom is 0.306 e. The van der Waals surface area contributed by atoms with E-state index in [9.17, 15) is 9.90 Å². The summed E-state index contributed by atoms with van der Waals surface area (Å²) in [6.45, 7) is 6.18. The molecule has 0 amide bonds. The molecular formula is C15H26O3. The number of aliphatic carboxylic acids is 1. The molecule has 1 N–H and O–H groups in total. The Labute approximate surface area is 110 Å². The molecule has 3 unspecified atom stereocenters. The first-order valence-electron chi connectivity index (χ1n) is 7.40. The molecule has 0 spiro atoms. The van der Waals surface area contributed by atoms with Crippen molar-refractivity contribution in [3.8, 4) is 0 Å². The zero-order valence-electron chi connectivity index (χ0n) is 11.6. The molecule has 3 heteroatoms. The van der Waals surface area contributed by atoms with Crippen LogP contribution in [0.5, 0.6) is 0 Å². The summed E-state index contributed by atoms with van der Waals surface area (Å²) in [6.07, 6.45) is 5.19. The molecule has 1 heterocycles. The fourth-order valence-corrected chi connectivity index (χ4v) is 3.82. The van der Waals surface area contributed by atoms with E-state index in [1.807, 2.05) is 0 Å². The highest BCUT2D eigenvalue weighted by atomic mass is 16.5. The van der Waals surface area contributed by atoms with Crippen molar-refractivity contribution in [3.05, 3.63) is 0 Å². The summed E-state index contributed by atoms with van der Waals surface area (Å²) >= 11 is 0. The Bertz CT molecular complexity index is 281. The maximum absolute atomic E-state index is 11.5. The van der Waals surface area contributed by atoms with Gasteiger partial charge in [0.25, 0.3) is 0 Å². The number of carbonyl (C=O) groups is 1.